The first kappa shape index (κ1) is 18.1. The van der Waals surface area contributed by atoms with Gasteiger partial charge in [0.1, 0.15) is 12.4 Å². The van der Waals surface area contributed by atoms with Crippen molar-refractivity contribution >= 4 is 23.5 Å². The molecule has 2 saturated heterocycles. The number of imidazole rings is 1. The summed E-state index contributed by atoms with van der Waals surface area (Å²) in [4.78, 5) is 44.8. The molecule has 4 rings (SSSR count). The fraction of sp³-hybridized carbons (Fsp3) is 0.444. The monoisotopic (exact) mass is 383 g/mol. The number of piperazine rings is 1. The molecule has 0 saturated carbocycles. The molecule has 2 aromatic heterocycles. The van der Waals surface area contributed by atoms with Crippen molar-refractivity contribution in [2.24, 2.45) is 0 Å². The van der Waals surface area contributed by atoms with Crippen LogP contribution < -0.4 is 4.90 Å². The summed E-state index contributed by atoms with van der Waals surface area (Å²) >= 11 is 0. The highest BCUT2D eigenvalue weighted by Gasteiger charge is 2.32. The van der Waals surface area contributed by atoms with Crippen LogP contribution in [0, 0.1) is 6.92 Å². The highest BCUT2D eigenvalue weighted by Crippen LogP contribution is 2.16. The zero-order valence-electron chi connectivity index (χ0n) is 15.6. The summed E-state index contributed by atoms with van der Waals surface area (Å²) in [5, 5.41) is 8.56. The molecule has 2 aromatic rings. The normalized spacial score (nSPS) is 17.5. The molecule has 0 spiro atoms. The Labute approximate surface area is 161 Å². The molecule has 10 heteroatoms. The Hall–Kier alpha value is -3.30. The average molecular weight is 383 g/mol. The van der Waals surface area contributed by atoms with E-state index >= 15 is 0 Å². The van der Waals surface area contributed by atoms with Gasteiger partial charge in [0, 0.05) is 51.4 Å². The summed E-state index contributed by atoms with van der Waals surface area (Å²) in [5.74, 6) is 1.57. The summed E-state index contributed by atoms with van der Waals surface area (Å²) in [5.41, 5.74) is 0. The third-order valence-corrected chi connectivity index (χ3v) is 5.11. The van der Waals surface area contributed by atoms with Gasteiger partial charge in [0.25, 0.3) is 0 Å². The molecule has 28 heavy (non-hydrogen) atoms. The Morgan fingerprint density at radius 1 is 1.00 bits per heavy atom. The SMILES string of the molecule is Cc1nccn1-c1ccc(N2CCN(C(=O)CN3C(=O)CCC3=O)CC2)nn1. The van der Waals surface area contributed by atoms with Gasteiger partial charge >= 0.3 is 0 Å². The van der Waals surface area contributed by atoms with E-state index in [1.54, 1.807) is 11.1 Å². The van der Waals surface area contributed by atoms with E-state index in [-0.39, 0.29) is 37.1 Å². The lowest BCUT2D eigenvalue weighted by molar-refractivity contribution is -0.145. The summed E-state index contributed by atoms with van der Waals surface area (Å²) in [6.45, 7) is 4.00. The molecule has 4 heterocycles. The lowest BCUT2D eigenvalue weighted by Gasteiger charge is -2.35. The first-order valence-corrected chi connectivity index (χ1v) is 9.23. The first-order chi connectivity index (χ1) is 13.5. The van der Waals surface area contributed by atoms with Crippen LogP contribution in [0.3, 0.4) is 0 Å². The number of aryl methyl sites for hydroxylation is 1. The van der Waals surface area contributed by atoms with Crippen molar-refractivity contribution in [3.8, 4) is 5.82 Å². The van der Waals surface area contributed by atoms with E-state index in [2.05, 4.69) is 20.1 Å². The van der Waals surface area contributed by atoms with Crippen LogP contribution in [-0.2, 0) is 14.4 Å². The molecule has 0 N–H and O–H groups in total. The van der Waals surface area contributed by atoms with E-state index in [1.807, 2.05) is 29.8 Å². The Morgan fingerprint density at radius 2 is 1.64 bits per heavy atom. The molecule has 0 radical (unpaired) electrons. The molecule has 0 unspecified atom stereocenters. The predicted molar refractivity (Wildman–Crippen MR) is 98.6 cm³/mol. The number of carbonyl (C=O) groups excluding carboxylic acids is 3. The Morgan fingerprint density at radius 3 is 2.21 bits per heavy atom. The fourth-order valence-corrected chi connectivity index (χ4v) is 3.45. The molecular formula is C18H21N7O3. The number of carbonyl (C=O) groups is 3. The second kappa shape index (κ2) is 7.37. The van der Waals surface area contributed by atoms with E-state index in [4.69, 9.17) is 0 Å². The quantitative estimate of drug-likeness (QED) is 0.672. The molecule has 10 nitrogen and oxygen atoms in total. The number of aromatic nitrogens is 4. The van der Waals surface area contributed by atoms with Crippen molar-refractivity contribution < 1.29 is 14.4 Å². The maximum Gasteiger partial charge on any atom is 0.242 e. The van der Waals surface area contributed by atoms with Gasteiger partial charge in [0.2, 0.25) is 17.7 Å². The number of hydrogen-bond donors (Lipinski definition) is 0. The van der Waals surface area contributed by atoms with Gasteiger partial charge in [-0.2, -0.15) is 0 Å². The van der Waals surface area contributed by atoms with E-state index in [1.165, 1.54) is 0 Å². The summed E-state index contributed by atoms with van der Waals surface area (Å²) in [6.07, 6.45) is 3.95. The Balaban J connectivity index is 1.34. The second-order valence-electron chi connectivity index (χ2n) is 6.84. The molecule has 0 bridgehead atoms. The third-order valence-electron chi connectivity index (χ3n) is 5.11. The number of imide groups is 1. The summed E-state index contributed by atoms with van der Waals surface area (Å²) in [7, 11) is 0. The van der Waals surface area contributed by atoms with Gasteiger partial charge in [-0.1, -0.05) is 0 Å². The van der Waals surface area contributed by atoms with E-state index in [0.29, 0.717) is 32.0 Å². The molecule has 0 atom stereocenters. The molecule has 146 valence electrons. The van der Waals surface area contributed by atoms with Crippen LogP contribution in [0.4, 0.5) is 5.82 Å². The lowest BCUT2D eigenvalue weighted by atomic mass is 10.3. The summed E-state index contributed by atoms with van der Waals surface area (Å²) in [6, 6.07) is 3.79. The smallest absolute Gasteiger partial charge is 0.242 e. The van der Waals surface area contributed by atoms with Crippen molar-refractivity contribution in [3.05, 3.63) is 30.4 Å². The van der Waals surface area contributed by atoms with Crippen LogP contribution in [0.1, 0.15) is 18.7 Å². The van der Waals surface area contributed by atoms with Crippen LogP contribution in [0.15, 0.2) is 24.5 Å². The minimum absolute atomic E-state index is 0.156. The van der Waals surface area contributed by atoms with Gasteiger partial charge in [-0.25, -0.2) is 4.98 Å². The van der Waals surface area contributed by atoms with E-state index in [0.717, 1.165) is 16.5 Å². The van der Waals surface area contributed by atoms with Gasteiger partial charge < -0.3 is 9.80 Å². The molecule has 0 aliphatic carbocycles. The maximum absolute atomic E-state index is 12.4. The topological polar surface area (TPSA) is 105 Å². The molecule has 0 aromatic carbocycles. The summed E-state index contributed by atoms with van der Waals surface area (Å²) < 4.78 is 1.86. The second-order valence-corrected chi connectivity index (χ2v) is 6.84. The standard InChI is InChI=1S/C18H21N7O3/c1-13-19-6-7-24(13)15-3-2-14(20-21-15)22-8-10-23(11-9-22)18(28)12-25-16(26)4-5-17(25)27/h2-3,6-7H,4-5,8-12H2,1H3. The van der Waals surface area contributed by atoms with Crippen molar-refractivity contribution in [1.82, 2.24) is 29.5 Å². The lowest BCUT2D eigenvalue weighted by Crippen LogP contribution is -2.52. The molecule has 2 aliphatic rings. The number of amides is 3. The minimum Gasteiger partial charge on any atom is -0.352 e. The number of nitrogens with zero attached hydrogens (tertiary/aromatic N) is 7. The molecular weight excluding hydrogens is 362 g/mol. The fourth-order valence-electron chi connectivity index (χ4n) is 3.45. The van der Waals surface area contributed by atoms with Crippen LogP contribution >= 0.6 is 0 Å². The first-order valence-electron chi connectivity index (χ1n) is 9.23. The van der Waals surface area contributed by atoms with Crippen molar-refractivity contribution in [1.29, 1.82) is 0 Å². The van der Waals surface area contributed by atoms with Gasteiger partial charge in [-0.3, -0.25) is 23.9 Å². The Bertz CT molecular complexity index is 884. The van der Waals surface area contributed by atoms with Crippen LogP contribution in [0.2, 0.25) is 0 Å². The third kappa shape index (κ3) is 3.45. The van der Waals surface area contributed by atoms with Crippen LogP contribution in [0.25, 0.3) is 5.82 Å². The largest absolute Gasteiger partial charge is 0.352 e. The van der Waals surface area contributed by atoms with Gasteiger partial charge in [-0.15, -0.1) is 10.2 Å². The Kier molecular flexibility index (Phi) is 4.76. The van der Waals surface area contributed by atoms with Crippen LogP contribution in [0.5, 0.6) is 0 Å². The molecule has 2 fully saturated rings. The highest BCUT2D eigenvalue weighted by molar-refractivity contribution is 6.04. The number of hydrogen-bond acceptors (Lipinski definition) is 7. The molecule has 2 aliphatic heterocycles. The van der Waals surface area contributed by atoms with Gasteiger partial charge in [0.15, 0.2) is 11.6 Å². The van der Waals surface area contributed by atoms with E-state index in [9.17, 15) is 14.4 Å². The van der Waals surface area contributed by atoms with Gasteiger partial charge in [0.05, 0.1) is 0 Å². The van der Waals surface area contributed by atoms with Crippen molar-refractivity contribution in [3.63, 3.8) is 0 Å². The van der Waals surface area contributed by atoms with Crippen molar-refractivity contribution in [2.75, 3.05) is 37.6 Å². The average Bonchev–Trinajstić information content (AvgIpc) is 3.28. The van der Waals surface area contributed by atoms with E-state index < -0.39 is 0 Å². The van der Waals surface area contributed by atoms with Crippen LogP contribution in [-0.4, -0.2) is 80.0 Å². The van der Waals surface area contributed by atoms with Gasteiger partial charge in [-0.05, 0) is 19.1 Å². The zero-order valence-corrected chi connectivity index (χ0v) is 15.6. The number of anilines is 1. The predicted octanol–water partition coefficient (Wildman–Crippen LogP) is -0.232. The highest BCUT2D eigenvalue weighted by atomic mass is 16.2. The number of likely N-dealkylation sites (tertiary alicyclic amines) is 1. The number of rotatable bonds is 4. The maximum atomic E-state index is 12.4. The zero-order chi connectivity index (χ0) is 19.7. The minimum atomic E-state index is -0.263. The molecule has 3 amide bonds. The van der Waals surface area contributed by atoms with Crippen molar-refractivity contribution in [2.45, 2.75) is 19.8 Å².